The van der Waals surface area contributed by atoms with E-state index in [9.17, 15) is 14.4 Å². The molecule has 7 heteroatoms. The summed E-state index contributed by atoms with van der Waals surface area (Å²) in [5.74, 6) is -1.41. The Balaban J connectivity index is 2.19. The number of rotatable bonds is 8. The van der Waals surface area contributed by atoms with Crippen LogP contribution >= 0.6 is 11.6 Å². The summed E-state index contributed by atoms with van der Waals surface area (Å²) < 4.78 is 4.76. The van der Waals surface area contributed by atoms with Crippen LogP contribution in [0.1, 0.15) is 42.2 Å². The molecule has 0 aliphatic heterocycles. The van der Waals surface area contributed by atoms with Crippen molar-refractivity contribution in [3.8, 4) is 0 Å². The summed E-state index contributed by atoms with van der Waals surface area (Å²) in [6, 6.07) is 14.5. The minimum absolute atomic E-state index is 0.0412. The molecule has 0 aromatic heterocycles. The van der Waals surface area contributed by atoms with E-state index in [0.29, 0.717) is 10.6 Å². The van der Waals surface area contributed by atoms with E-state index in [2.05, 4.69) is 10.6 Å². The zero-order valence-corrected chi connectivity index (χ0v) is 17.4. The molecule has 2 amide bonds. The Hall–Kier alpha value is -2.86. The van der Waals surface area contributed by atoms with Crippen LogP contribution in [-0.2, 0) is 14.3 Å². The van der Waals surface area contributed by atoms with Gasteiger partial charge in [-0.05, 0) is 23.6 Å². The average Bonchev–Trinajstić information content (AvgIpc) is 2.71. The molecule has 154 valence electrons. The van der Waals surface area contributed by atoms with Crippen molar-refractivity contribution in [2.24, 2.45) is 5.92 Å². The van der Waals surface area contributed by atoms with Gasteiger partial charge in [-0.25, -0.2) is 4.79 Å². The van der Waals surface area contributed by atoms with Gasteiger partial charge in [0.25, 0.3) is 5.91 Å². The summed E-state index contributed by atoms with van der Waals surface area (Å²) >= 11 is 6.12. The number of hydrogen-bond donors (Lipinski definition) is 2. The lowest BCUT2D eigenvalue weighted by atomic mass is 10.0. The molecule has 2 rings (SSSR count). The molecule has 0 radical (unpaired) electrons. The first-order chi connectivity index (χ1) is 13.8. The van der Waals surface area contributed by atoms with Crippen molar-refractivity contribution >= 4 is 29.4 Å². The predicted octanol–water partition coefficient (Wildman–Crippen LogP) is 3.52. The molecule has 0 saturated carbocycles. The molecule has 0 bridgehead atoms. The van der Waals surface area contributed by atoms with Crippen LogP contribution in [0.25, 0.3) is 0 Å². The largest absolute Gasteiger partial charge is 0.467 e. The molecule has 0 saturated heterocycles. The highest BCUT2D eigenvalue weighted by molar-refractivity contribution is 6.33. The SMILES string of the molecule is COC(=O)C(NC(=O)CC(NC(=O)c1ccccc1Cl)c1ccccc1)C(C)C. The number of methoxy groups -OCH3 is 1. The summed E-state index contributed by atoms with van der Waals surface area (Å²) in [5, 5.41) is 5.89. The highest BCUT2D eigenvalue weighted by Crippen LogP contribution is 2.20. The molecule has 2 aromatic carbocycles. The first kappa shape index (κ1) is 22.4. The lowest BCUT2D eigenvalue weighted by Gasteiger charge is -2.23. The van der Waals surface area contributed by atoms with E-state index in [1.807, 2.05) is 44.2 Å². The minimum Gasteiger partial charge on any atom is -0.467 e. The number of hydrogen-bond acceptors (Lipinski definition) is 4. The van der Waals surface area contributed by atoms with Gasteiger partial charge >= 0.3 is 5.97 Å². The van der Waals surface area contributed by atoms with E-state index in [1.165, 1.54) is 7.11 Å². The van der Waals surface area contributed by atoms with E-state index in [0.717, 1.165) is 5.56 Å². The van der Waals surface area contributed by atoms with E-state index in [-0.39, 0.29) is 24.2 Å². The van der Waals surface area contributed by atoms with Gasteiger partial charge in [0.2, 0.25) is 5.91 Å². The number of amides is 2. The highest BCUT2D eigenvalue weighted by Gasteiger charge is 2.27. The second-order valence-electron chi connectivity index (χ2n) is 6.93. The molecular weight excluding hydrogens is 392 g/mol. The maximum atomic E-state index is 12.7. The fourth-order valence-electron chi connectivity index (χ4n) is 2.86. The summed E-state index contributed by atoms with van der Waals surface area (Å²) in [5.41, 5.74) is 1.09. The summed E-state index contributed by atoms with van der Waals surface area (Å²) in [4.78, 5) is 37.3. The van der Waals surface area contributed by atoms with Crippen LogP contribution in [0.2, 0.25) is 5.02 Å². The topological polar surface area (TPSA) is 84.5 Å². The molecule has 0 fully saturated rings. The maximum Gasteiger partial charge on any atom is 0.328 e. The van der Waals surface area contributed by atoms with Crippen LogP contribution in [0, 0.1) is 5.92 Å². The molecule has 0 heterocycles. The Labute approximate surface area is 175 Å². The molecule has 6 nitrogen and oxygen atoms in total. The van der Waals surface area contributed by atoms with Crippen molar-refractivity contribution in [3.05, 3.63) is 70.7 Å². The number of benzene rings is 2. The number of carbonyl (C=O) groups excluding carboxylic acids is 3. The van der Waals surface area contributed by atoms with Crippen molar-refractivity contribution in [2.75, 3.05) is 7.11 Å². The van der Waals surface area contributed by atoms with Gasteiger partial charge in [0.05, 0.1) is 30.2 Å². The summed E-state index contributed by atoms with van der Waals surface area (Å²) in [6.07, 6.45) is -0.0412. The van der Waals surface area contributed by atoms with Gasteiger partial charge in [-0.1, -0.05) is 67.9 Å². The summed E-state index contributed by atoms with van der Waals surface area (Å²) in [7, 11) is 1.28. The van der Waals surface area contributed by atoms with Crippen molar-refractivity contribution in [3.63, 3.8) is 0 Å². The van der Waals surface area contributed by atoms with Gasteiger partial charge in [-0.15, -0.1) is 0 Å². The number of halogens is 1. The Kier molecular flexibility index (Phi) is 8.21. The molecule has 2 atom stereocenters. The van der Waals surface area contributed by atoms with Crippen molar-refractivity contribution in [2.45, 2.75) is 32.4 Å². The Morgan fingerprint density at radius 1 is 0.966 bits per heavy atom. The lowest BCUT2D eigenvalue weighted by Crippen LogP contribution is -2.46. The first-order valence-electron chi connectivity index (χ1n) is 9.31. The zero-order chi connectivity index (χ0) is 21.4. The second kappa shape index (κ2) is 10.6. The fraction of sp³-hybridized carbons (Fsp3) is 0.318. The third-order valence-corrected chi connectivity index (χ3v) is 4.78. The van der Waals surface area contributed by atoms with Crippen LogP contribution in [0.5, 0.6) is 0 Å². The molecule has 2 unspecified atom stereocenters. The van der Waals surface area contributed by atoms with Crippen molar-refractivity contribution in [1.29, 1.82) is 0 Å². The minimum atomic E-state index is -0.761. The Bertz CT molecular complexity index is 855. The third-order valence-electron chi connectivity index (χ3n) is 4.45. The van der Waals surface area contributed by atoms with Crippen molar-refractivity contribution < 1.29 is 19.1 Å². The van der Waals surface area contributed by atoms with Gasteiger partial charge in [-0.2, -0.15) is 0 Å². The highest BCUT2D eigenvalue weighted by atomic mass is 35.5. The fourth-order valence-corrected chi connectivity index (χ4v) is 3.08. The lowest BCUT2D eigenvalue weighted by molar-refractivity contribution is -0.146. The van der Waals surface area contributed by atoms with Gasteiger partial charge in [0.1, 0.15) is 6.04 Å². The number of carbonyl (C=O) groups is 3. The molecule has 0 aliphatic carbocycles. The quantitative estimate of drug-likeness (QED) is 0.645. The summed E-state index contributed by atoms with van der Waals surface area (Å²) in [6.45, 7) is 3.63. The normalized spacial score (nSPS) is 12.7. The third kappa shape index (κ3) is 6.32. The second-order valence-corrected chi connectivity index (χ2v) is 7.34. The van der Waals surface area contributed by atoms with Gasteiger partial charge in [0.15, 0.2) is 0 Å². The van der Waals surface area contributed by atoms with Gasteiger partial charge in [-0.3, -0.25) is 9.59 Å². The van der Waals surface area contributed by atoms with Crippen LogP contribution in [-0.4, -0.2) is 30.9 Å². The molecule has 2 N–H and O–H groups in total. The van der Waals surface area contributed by atoms with Crippen LogP contribution in [0.15, 0.2) is 54.6 Å². The Morgan fingerprint density at radius 3 is 2.17 bits per heavy atom. The smallest absolute Gasteiger partial charge is 0.328 e. The monoisotopic (exact) mass is 416 g/mol. The van der Waals surface area contributed by atoms with Crippen molar-refractivity contribution in [1.82, 2.24) is 10.6 Å². The Morgan fingerprint density at radius 2 is 1.59 bits per heavy atom. The molecule has 2 aromatic rings. The number of ether oxygens (including phenoxy) is 1. The first-order valence-corrected chi connectivity index (χ1v) is 9.68. The molecule has 0 aliphatic rings. The van der Waals surface area contributed by atoms with E-state index >= 15 is 0 Å². The molecular formula is C22H25ClN2O4. The van der Waals surface area contributed by atoms with Crippen LogP contribution in [0.3, 0.4) is 0 Å². The molecule has 29 heavy (non-hydrogen) atoms. The average molecular weight is 417 g/mol. The van der Waals surface area contributed by atoms with Gasteiger partial charge in [0, 0.05) is 0 Å². The molecule has 0 spiro atoms. The maximum absolute atomic E-state index is 12.7. The van der Waals surface area contributed by atoms with E-state index in [1.54, 1.807) is 24.3 Å². The predicted molar refractivity (Wildman–Crippen MR) is 112 cm³/mol. The zero-order valence-electron chi connectivity index (χ0n) is 16.6. The van der Waals surface area contributed by atoms with Crippen LogP contribution in [0.4, 0.5) is 0 Å². The van der Waals surface area contributed by atoms with Gasteiger partial charge < -0.3 is 15.4 Å². The standard InChI is InChI=1S/C22H25ClN2O4/c1-14(2)20(22(28)29-3)25-19(26)13-18(15-9-5-4-6-10-15)24-21(27)16-11-7-8-12-17(16)23/h4-12,14,18,20H,13H2,1-3H3,(H,24,27)(H,25,26). The van der Waals surface area contributed by atoms with E-state index < -0.39 is 18.1 Å². The number of nitrogens with one attached hydrogen (secondary N) is 2. The number of esters is 1. The van der Waals surface area contributed by atoms with Crippen LogP contribution < -0.4 is 10.6 Å². The van der Waals surface area contributed by atoms with E-state index in [4.69, 9.17) is 16.3 Å².